The van der Waals surface area contributed by atoms with Gasteiger partial charge in [-0.3, -0.25) is 4.90 Å². The van der Waals surface area contributed by atoms with E-state index >= 15 is 0 Å². The Morgan fingerprint density at radius 2 is 2.08 bits per heavy atom. The lowest BCUT2D eigenvalue weighted by atomic mass is 9.81. The molecular weight excluding hydrogens is 302 g/mol. The molecular formula is C20H25NO3. The van der Waals surface area contributed by atoms with E-state index in [1.807, 2.05) is 12.1 Å². The average Bonchev–Trinajstić information content (AvgIpc) is 2.62. The van der Waals surface area contributed by atoms with Crippen LogP contribution in [0.5, 0.6) is 0 Å². The van der Waals surface area contributed by atoms with E-state index in [4.69, 9.17) is 5.11 Å². The number of rotatable bonds is 4. The Balaban J connectivity index is 1.86. The van der Waals surface area contributed by atoms with E-state index in [0.29, 0.717) is 17.9 Å². The minimum Gasteiger partial charge on any atom is -0.393 e. The van der Waals surface area contributed by atoms with Crippen molar-refractivity contribution in [3.63, 3.8) is 0 Å². The summed E-state index contributed by atoms with van der Waals surface area (Å²) < 4.78 is 0. The number of aliphatic hydroxyl groups excluding tert-OH is 3. The van der Waals surface area contributed by atoms with Crippen LogP contribution in [0.2, 0.25) is 0 Å². The van der Waals surface area contributed by atoms with Crippen molar-refractivity contribution in [2.45, 2.75) is 37.5 Å². The molecule has 3 saturated heterocycles. The lowest BCUT2D eigenvalue weighted by Crippen LogP contribution is -2.57. The van der Waals surface area contributed by atoms with E-state index < -0.39 is 6.10 Å². The minimum atomic E-state index is -0.877. The average molecular weight is 327 g/mol. The van der Waals surface area contributed by atoms with Crippen molar-refractivity contribution in [1.29, 1.82) is 0 Å². The van der Waals surface area contributed by atoms with Gasteiger partial charge in [-0.25, -0.2) is 0 Å². The Labute approximate surface area is 143 Å². The first kappa shape index (κ1) is 17.2. The maximum Gasteiger partial charge on any atom is 0.102 e. The quantitative estimate of drug-likeness (QED) is 0.575. The fourth-order valence-corrected chi connectivity index (χ4v) is 3.71. The number of aliphatic hydroxyl groups is 3. The molecule has 3 aliphatic rings. The summed E-state index contributed by atoms with van der Waals surface area (Å²) in [4.78, 5) is 2.27. The topological polar surface area (TPSA) is 63.9 Å². The summed E-state index contributed by atoms with van der Waals surface area (Å²) in [5.74, 6) is 6.86. The number of nitrogens with zero attached hydrogens (tertiary/aromatic N) is 1. The largest absolute Gasteiger partial charge is 0.393 e. The molecule has 4 nitrogen and oxygen atoms in total. The summed E-state index contributed by atoms with van der Waals surface area (Å²) in [5, 5.41) is 29.3. The van der Waals surface area contributed by atoms with Gasteiger partial charge < -0.3 is 15.3 Å². The van der Waals surface area contributed by atoms with Gasteiger partial charge in [0.05, 0.1) is 18.8 Å². The van der Waals surface area contributed by atoms with Gasteiger partial charge in [0.15, 0.2) is 0 Å². The molecule has 4 heteroatoms. The Bertz CT molecular complexity index is 651. The van der Waals surface area contributed by atoms with Gasteiger partial charge in [0.25, 0.3) is 0 Å². The Morgan fingerprint density at radius 3 is 2.71 bits per heavy atom. The number of piperidine rings is 3. The second-order valence-corrected chi connectivity index (χ2v) is 6.69. The summed E-state index contributed by atoms with van der Waals surface area (Å²) >= 11 is 0. The van der Waals surface area contributed by atoms with E-state index in [2.05, 4.69) is 23.3 Å². The number of hydrogen-bond acceptors (Lipinski definition) is 4. The fraction of sp³-hybridized carbons (Fsp3) is 0.500. The van der Waals surface area contributed by atoms with Crippen LogP contribution in [-0.4, -0.2) is 52.1 Å². The van der Waals surface area contributed by atoms with Gasteiger partial charge in [0.1, 0.15) is 6.10 Å². The van der Waals surface area contributed by atoms with Crippen LogP contribution in [0, 0.1) is 17.8 Å². The summed E-state index contributed by atoms with van der Waals surface area (Å²) in [6.45, 7) is 5.51. The molecule has 128 valence electrons. The highest BCUT2D eigenvalue weighted by Gasteiger charge is 2.40. The van der Waals surface area contributed by atoms with Crippen molar-refractivity contribution in [3.05, 3.63) is 47.5 Å². The summed E-state index contributed by atoms with van der Waals surface area (Å²) in [6.07, 6.45) is 3.34. The van der Waals surface area contributed by atoms with Crippen molar-refractivity contribution < 1.29 is 15.3 Å². The van der Waals surface area contributed by atoms with E-state index in [1.165, 1.54) is 0 Å². The highest BCUT2D eigenvalue weighted by atomic mass is 16.3. The van der Waals surface area contributed by atoms with Crippen molar-refractivity contribution in [2.75, 3.05) is 19.7 Å². The molecule has 0 amide bonds. The Morgan fingerprint density at radius 1 is 1.33 bits per heavy atom. The maximum atomic E-state index is 10.4. The smallest absolute Gasteiger partial charge is 0.102 e. The standard InChI is InChI=1S/C20H25NO3/c1-2-3-16-12-17(19(23)13-22)5-4-14(16)6-7-18-20(24)15-8-10-21(18)11-9-15/h2,4-5,12,15,18-20,22-24H,1,3,8-11,13H2. The Kier molecular flexibility index (Phi) is 5.37. The molecule has 1 aromatic rings. The monoisotopic (exact) mass is 327 g/mol. The van der Waals surface area contributed by atoms with Crippen LogP contribution in [0.4, 0.5) is 0 Å². The van der Waals surface area contributed by atoms with E-state index in [0.717, 1.165) is 37.1 Å². The zero-order chi connectivity index (χ0) is 17.1. The lowest BCUT2D eigenvalue weighted by Gasteiger charge is -2.46. The van der Waals surface area contributed by atoms with Crippen molar-refractivity contribution in [3.8, 4) is 11.8 Å². The van der Waals surface area contributed by atoms with Crippen LogP contribution in [0.3, 0.4) is 0 Å². The zero-order valence-electron chi connectivity index (χ0n) is 13.9. The highest BCUT2D eigenvalue weighted by molar-refractivity contribution is 5.45. The fourth-order valence-electron chi connectivity index (χ4n) is 3.71. The second-order valence-electron chi connectivity index (χ2n) is 6.69. The molecule has 3 atom stereocenters. The first-order valence-electron chi connectivity index (χ1n) is 8.60. The molecule has 0 aliphatic carbocycles. The van der Waals surface area contributed by atoms with Gasteiger partial charge in [-0.05, 0) is 55.5 Å². The third-order valence-electron chi connectivity index (χ3n) is 5.18. The first-order chi connectivity index (χ1) is 11.6. The van der Waals surface area contributed by atoms with Crippen LogP contribution in [-0.2, 0) is 6.42 Å². The third-order valence-corrected chi connectivity index (χ3v) is 5.18. The van der Waals surface area contributed by atoms with E-state index in [1.54, 1.807) is 12.1 Å². The molecule has 0 radical (unpaired) electrons. The maximum absolute atomic E-state index is 10.4. The summed E-state index contributed by atoms with van der Waals surface area (Å²) in [7, 11) is 0. The van der Waals surface area contributed by atoms with Gasteiger partial charge in [-0.2, -0.15) is 0 Å². The molecule has 0 saturated carbocycles. The minimum absolute atomic E-state index is 0.0863. The second kappa shape index (κ2) is 7.50. The van der Waals surface area contributed by atoms with Gasteiger partial charge >= 0.3 is 0 Å². The van der Waals surface area contributed by atoms with E-state index in [-0.39, 0.29) is 18.8 Å². The van der Waals surface area contributed by atoms with Crippen molar-refractivity contribution in [1.82, 2.24) is 4.90 Å². The van der Waals surface area contributed by atoms with Crippen LogP contribution < -0.4 is 0 Å². The molecule has 3 unspecified atom stereocenters. The highest BCUT2D eigenvalue weighted by Crippen LogP contribution is 2.32. The third kappa shape index (κ3) is 3.40. The van der Waals surface area contributed by atoms with Crippen LogP contribution in [0.1, 0.15) is 35.6 Å². The first-order valence-corrected chi connectivity index (χ1v) is 8.60. The zero-order valence-corrected chi connectivity index (χ0v) is 13.9. The SMILES string of the molecule is C=CCc1cc(C(O)CO)ccc1C#CC1C(O)C2CCN1CC2. The molecule has 2 bridgehead atoms. The number of allylic oxidation sites excluding steroid dienone is 1. The molecule has 24 heavy (non-hydrogen) atoms. The molecule has 4 rings (SSSR count). The molecule has 0 spiro atoms. The summed E-state index contributed by atoms with van der Waals surface area (Å²) in [5.41, 5.74) is 2.55. The van der Waals surface area contributed by atoms with Gasteiger partial charge in [-0.1, -0.05) is 30.0 Å². The van der Waals surface area contributed by atoms with Gasteiger partial charge in [0.2, 0.25) is 0 Å². The van der Waals surface area contributed by atoms with Crippen molar-refractivity contribution >= 4 is 0 Å². The number of fused-ring (bicyclic) bond motifs is 3. The molecule has 3 fully saturated rings. The summed E-state index contributed by atoms with van der Waals surface area (Å²) in [6, 6.07) is 5.46. The molecule has 1 aromatic carbocycles. The normalized spacial score (nSPS) is 29.6. The lowest BCUT2D eigenvalue weighted by molar-refractivity contribution is -0.0500. The van der Waals surface area contributed by atoms with Gasteiger partial charge in [-0.15, -0.1) is 6.58 Å². The van der Waals surface area contributed by atoms with Crippen LogP contribution >= 0.6 is 0 Å². The predicted octanol–water partition coefficient (Wildman–Crippen LogP) is 1.25. The number of benzene rings is 1. The Hall–Kier alpha value is -1.64. The predicted molar refractivity (Wildman–Crippen MR) is 93.4 cm³/mol. The van der Waals surface area contributed by atoms with Gasteiger partial charge in [0, 0.05) is 5.56 Å². The number of hydrogen-bond donors (Lipinski definition) is 3. The molecule has 3 N–H and O–H groups in total. The van der Waals surface area contributed by atoms with Crippen molar-refractivity contribution in [2.24, 2.45) is 5.92 Å². The molecule has 0 aromatic heterocycles. The molecule has 3 aliphatic heterocycles. The van der Waals surface area contributed by atoms with Crippen LogP contribution in [0.25, 0.3) is 0 Å². The van der Waals surface area contributed by atoms with E-state index in [9.17, 15) is 10.2 Å². The van der Waals surface area contributed by atoms with Crippen LogP contribution in [0.15, 0.2) is 30.9 Å². The molecule has 3 heterocycles.